The van der Waals surface area contributed by atoms with Crippen LogP contribution >= 0.6 is 7.51 Å². The smallest absolute Gasteiger partial charge is 0.265 e. The lowest BCUT2D eigenvalue weighted by atomic mass is 10.2. The van der Waals surface area contributed by atoms with Crippen molar-refractivity contribution in [2.45, 2.75) is 40.5 Å². The lowest BCUT2D eigenvalue weighted by Gasteiger charge is -2.40. The van der Waals surface area contributed by atoms with Crippen molar-refractivity contribution in [3.05, 3.63) is 47.3 Å². The van der Waals surface area contributed by atoms with E-state index in [0.29, 0.717) is 0 Å². The van der Waals surface area contributed by atoms with Gasteiger partial charge in [0.25, 0.3) is 7.51 Å². The summed E-state index contributed by atoms with van der Waals surface area (Å²) in [4.78, 5) is 0. The summed E-state index contributed by atoms with van der Waals surface area (Å²) in [5, 5.41) is 4.85. The molecule has 0 radical (unpaired) electrons. The summed E-state index contributed by atoms with van der Waals surface area (Å²) in [6, 6.07) is 10.3. The largest absolute Gasteiger partial charge is 0.307 e. The fraction of sp³-hybridized carbons (Fsp3) is 0.500. The van der Waals surface area contributed by atoms with Crippen LogP contribution in [-0.2, 0) is 0 Å². The van der Waals surface area contributed by atoms with Gasteiger partial charge in [-0.15, -0.1) is 5.10 Å². The van der Waals surface area contributed by atoms with Crippen molar-refractivity contribution in [2.24, 2.45) is 9.85 Å². The van der Waals surface area contributed by atoms with Crippen molar-refractivity contribution in [1.82, 2.24) is 14.1 Å². The molecule has 0 bridgehead atoms. The molecule has 6 heteroatoms. The molecule has 24 heavy (non-hydrogen) atoms. The quantitative estimate of drug-likeness (QED) is 0.710. The first kappa shape index (κ1) is 17.1. The van der Waals surface area contributed by atoms with E-state index < -0.39 is 7.51 Å². The van der Waals surface area contributed by atoms with Gasteiger partial charge in [-0.1, -0.05) is 44.2 Å². The normalized spacial score (nSPS) is 19.4. The highest BCUT2D eigenvalue weighted by molar-refractivity contribution is 7.60. The first-order chi connectivity index (χ1) is 11.6. The monoisotopic (exact) mass is 345 g/mol. The zero-order valence-corrected chi connectivity index (χ0v) is 16.3. The van der Waals surface area contributed by atoms with Crippen LogP contribution in [0.5, 0.6) is 0 Å². The molecule has 0 unspecified atom stereocenters. The maximum Gasteiger partial charge on any atom is 0.265 e. The van der Waals surface area contributed by atoms with Crippen LogP contribution in [0.15, 0.2) is 51.6 Å². The highest BCUT2D eigenvalue weighted by Gasteiger charge is 2.47. The number of hydrazone groups is 1. The Kier molecular flexibility index (Phi) is 4.73. The predicted octanol–water partition coefficient (Wildman–Crippen LogP) is 4.93. The molecule has 0 fully saturated rings. The molecule has 0 aliphatic carbocycles. The molecule has 0 aromatic heterocycles. The summed E-state index contributed by atoms with van der Waals surface area (Å²) in [5.41, 5.74) is 3.79. The Labute approximate surface area is 145 Å². The van der Waals surface area contributed by atoms with Gasteiger partial charge in [-0.25, -0.2) is 4.78 Å². The lowest BCUT2D eigenvalue weighted by Crippen LogP contribution is -2.29. The number of amidine groups is 1. The second-order valence-corrected chi connectivity index (χ2v) is 9.15. The molecule has 2 aliphatic heterocycles. The van der Waals surface area contributed by atoms with E-state index in [1.165, 1.54) is 11.4 Å². The van der Waals surface area contributed by atoms with Crippen molar-refractivity contribution in [3.8, 4) is 0 Å². The van der Waals surface area contributed by atoms with Gasteiger partial charge in [-0.2, -0.15) is 4.74 Å². The maximum absolute atomic E-state index is 5.27. The summed E-state index contributed by atoms with van der Waals surface area (Å²) >= 11 is 0. The number of benzene rings is 1. The average Bonchev–Trinajstić information content (AvgIpc) is 3.03. The zero-order valence-electron chi connectivity index (χ0n) is 15.4. The summed E-state index contributed by atoms with van der Waals surface area (Å²) in [6.07, 6.45) is 2.22. The molecule has 130 valence electrons. The number of hydrogen-bond donors (Lipinski definition) is 0. The van der Waals surface area contributed by atoms with Crippen LogP contribution in [0.1, 0.15) is 46.1 Å². The van der Waals surface area contributed by atoms with Gasteiger partial charge in [0.05, 0.1) is 0 Å². The van der Waals surface area contributed by atoms with Crippen LogP contribution in [0.25, 0.3) is 0 Å². The van der Waals surface area contributed by atoms with Crippen LogP contribution in [-0.4, -0.2) is 40.1 Å². The summed E-state index contributed by atoms with van der Waals surface area (Å²) < 4.78 is 12.4. The molecule has 5 nitrogen and oxygen atoms in total. The second kappa shape index (κ2) is 6.64. The minimum absolute atomic E-state index is 0.858. The van der Waals surface area contributed by atoms with Gasteiger partial charge in [0.15, 0.2) is 5.84 Å². The molecule has 2 aliphatic rings. The minimum Gasteiger partial charge on any atom is -0.307 e. The highest BCUT2D eigenvalue weighted by atomic mass is 31.2. The summed E-state index contributed by atoms with van der Waals surface area (Å²) in [6.45, 7) is 11.0. The Morgan fingerprint density at radius 3 is 1.96 bits per heavy atom. The molecule has 3 rings (SSSR count). The minimum atomic E-state index is -2.03. The highest BCUT2D eigenvalue weighted by Crippen LogP contribution is 2.68. The molecule has 0 amide bonds. The third-order valence-electron chi connectivity index (χ3n) is 4.71. The van der Waals surface area contributed by atoms with Crippen molar-refractivity contribution in [1.29, 1.82) is 0 Å². The first-order valence-corrected chi connectivity index (χ1v) is 10.4. The zero-order chi connectivity index (χ0) is 17.3. The fourth-order valence-electron chi connectivity index (χ4n) is 3.47. The van der Waals surface area contributed by atoms with E-state index in [4.69, 9.17) is 9.85 Å². The Balaban J connectivity index is 2.12. The van der Waals surface area contributed by atoms with E-state index in [1.54, 1.807) is 0 Å². The summed E-state index contributed by atoms with van der Waals surface area (Å²) in [5.74, 6) is 0.858. The van der Waals surface area contributed by atoms with Crippen LogP contribution in [0.2, 0.25) is 0 Å². The lowest BCUT2D eigenvalue weighted by molar-refractivity contribution is 0.442. The number of hydrogen-bond acceptors (Lipinski definition) is 5. The third-order valence-corrected chi connectivity index (χ3v) is 8.32. The van der Waals surface area contributed by atoms with Gasteiger partial charge in [-0.3, -0.25) is 0 Å². The average molecular weight is 345 g/mol. The first-order valence-electron chi connectivity index (χ1n) is 8.80. The van der Waals surface area contributed by atoms with Crippen molar-refractivity contribution in [2.75, 3.05) is 20.1 Å². The topological polar surface area (TPSA) is 34.4 Å². The summed E-state index contributed by atoms with van der Waals surface area (Å²) in [7, 11) is 0.0591. The van der Waals surface area contributed by atoms with Crippen molar-refractivity contribution in [3.63, 3.8) is 0 Å². The van der Waals surface area contributed by atoms with E-state index in [-0.39, 0.29) is 0 Å². The number of nitrogens with zero attached hydrogens (tertiary/aromatic N) is 5. The molecule has 1 aromatic rings. The SMILES string of the molecule is CCCN1C(C)=C(C)N(CCC)P12=NC(c1ccccc1)=NN2C. The van der Waals surface area contributed by atoms with Gasteiger partial charge >= 0.3 is 0 Å². The van der Waals surface area contributed by atoms with Crippen molar-refractivity contribution < 1.29 is 0 Å². The number of allylic oxidation sites excluding steroid dienone is 2. The van der Waals surface area contributed by atoms with E-state index in [9.17, 15) is 0 Å². The Morgan fingerprint density at radius 1 is 0.917 bits per heavy atom. The van der Waals surface area contributed by atoms with Crippen LogP contribution < -0.4 is 0 Å². The van der Waals surface area contributed by atoms with Crippen LogP contribution in [0.4, 0.5) is 0 Å². The Bertz CT molecular complexity index is 696. The van der Waals surface area contributed by atoms with Crippen LogP contribution in [0.3, 0.4) is 0 Å². The molecule has 2 heterocycles. The fourth-order valence-corrected chi connectivity index (χ4v) is 7.34. The number of rotatable bonds is 5. The molecule has 0 N–H and O–H groups in total. The van der Waals surface area contributed by atoms with Gasteiger partial charge < -0.3 is 9.34 Å². The van der Waals surface area contributed by atoms with E-state index in [0.717, 1.165) is 37.3 Å². The predicted molar refractivity (Wildman–Crippen MR) is 102 cm³/mol. The molecule has 1 spiro atoms. The van der Waals surface area contributed by atoms with Gasteiger partial charge in [0.2, 0.25) is 0 Å². The molecule has 0 atom stereocenters. The molecule has 1 aromatic carbocycles. The molecule has 0 saturated carbocycles. The second-order valence-electron chi connectivity index (χ2n) is 6.33. The Hall–Kier alpha value is -1.74. The third kappa shape index (κ3) is 2.46. The van der Waals surface area contributed by atoms with Gasteiger partial charge in [0, 0.05) is 37.1 Å². The van der Waals surface area contributed by atoms with E-state index in [1.807, 2.05) is 18.2 Å². The molecule has 0 saturated heterocycles. The Morgan fingerprint density at radius 2 is 1.46 bits per heavy atom. The van der Waals surface area contributed by atoms with Gasteiger partial charge in [-0.05, 0) is 26.7 Å². The van der Waals surface area contributed by atoms with E-state index in [2.05, 4.69) is 61.0 Å². The molecular formula is C18H28N5P. The molecular weight excluding hydrogens is 317 g/mol. The standard InChI is InChI=1S/C18H28N5P/c1-6-13-22-15(3)16(4)23(14-7-2)24(22)20-18(19-21(24)5)17-11-9-8-10-12-17/h8-12H,6-7,13-14H2,1-5H3. The van der Waals surface area contributed by atoms with E-state index >= 15 is 0 Å². The van der Waals surface area contributed by atoms with Crippen molar-refractivity contribution >= 4 is 13.3 Å². The van der Waals surface area contributed by atoms with Crippen LogP contribution in [0, 0.1) is 0 Å². The maximum atomic E-state index is 5.27. The van der Waals surface area contributed by atoms with Gasteiger partial charge in [0.1, 0.15) is 0 Å².